The zero-order valence-electron chi connectivity index (χ0n) is 19.5. The highest BCUT2D eigenvalue weighted by Crippen LogP contribution is 2.59. The number of nitrogens with one attached hydrogen (secondary N) is 1. The molecule has 3 unspecified atom stereocenters. The molecule has 0 radical (unpaired) electrons. The molecule has 0 saturated carbocycles. The van der Waals surface area contributed by atoms with Crippen LogP contribution in [0.5, 0.6) is 0 Å². The minimum absolute atomic E-state index is 0.00994. The third-order valence-electron chi connectivity index (χ3n) is 7.18. The molecule has 0 amide bonds. The average Bonchev–Trinajstić information content (AvgIpc) is 3.05. The number of carbonyl (C=O) groups is 1. The van der Waals surface area contributed by atoms with Crippen molar-refractivity contribution >= 4 is 23.4 Å². The van der Waals surface area contributed by atoms with Crippen molar-refractivity contribution in [2.45, 2.75) is 68.5 Å². The molecule has 1 fully saturated rings. The van der Waals surface area contributed by atoms with Crippen LogP contribution in [0.4, 0.5) is 14.5 Å². The summed E-state index contributed by atoms with van der Waals surface area (Å²) in [7, 11) is 0. The van der Waals surface area contributed by atoms with Crippen molar-refractivity contribution in [2.75, 3.05) is 23.7 Å². The third-order valence-corrected chi connectivity index (χ3v) is 8.29. The van der Waals surface area contributed by atoms with Crippen LogP contribution in [0.3, 0.4) is 0 Å². The number of anilines is 1. The van der Waals surface area contributed by atoms with Crippen LogP contribution in [-0.2, 0) is 9.53 Å². The van der Waals surface area contributed by atoms with Crippen molar-refractivity contribution < 1.29 is 18.3 Å². The summed E-state index contributed by atoms with van der Waals surface area (Å²) in [6.45, 7) is 9.49. The van der Waals surface area contributed by atoms with E-state index in [4.69, 9.17) is 4.74 Å². The van der Waals surface area contributed by atoms with Crippen molar-refractivity contribution in [3.05, 3.63) is 47.5 Å². The number of halogens is 2. The van der Waals surface area contributed by atoms with Crippen molar-refractivity contribution in [1.82, 2.24) is 5.32 Å². The summed E-state index contributed by atoms with van der Waals surface area (Å²) >= 11 is 1.58. The molecule has 2 aromatic rings. The Bertz CT molecular complexity index is 1100. The monoisotopic (exact) mass is 472 g/mol. The van der Waals surface area contributed by atoms with Crippen LogP contribution < -0.4 is 10.2 Å². The third kappa shape index (κ3) is 3.55. The molecule has 3 atom stereocenters. The number of rotatable bonds is 3. The number of benzene rings is 2. The molecule has 0 aliphatic carbocycles. The van der Waals surface area contributed by atoms with Crippen molar-refractivity contribution in [3.63, 3.8) is 0 Å². The van der Waals surface area contributed by atoms with Gasteiger partial charge >= 0.3 is 5.97 Å². The maximum Gasteiger partial charge on any atom is 0.330 e. The number of hydrogen-bond donors (Lipinski definition) is 1. The smallest absolute Gasteiger partial charge is 0.330 e. The second-order valence-corrected chi connectivity index (χ2v) is 11.3. The minimum Gasteiger partial charge on any atom is -0.458 e. The second-order valence-electron chi connectivity index (χ2n) is 10.2. The number of thioether (sulfide) groups is 1. The van der Waals surface area contributed by atoms with Gasteiger partial charge in [-0.05, 0) is 75.5 Å². The van der Waals surface area contributed by atoms with Gasteiger partial charge in [0, 0.05) is 23.1 Å². The first kappa shape index (κ1) is 22.7. The molecular formula is C26H30F2N2O2S. The first-order valence-electron chi connectivity index (χ1n) is 11.6. The Hall–Kier alpha value is -2.12. The number of hydrogen-bond acceptors (Lipinski definition) is 5. The second kappa shape index (κ2) is 7.98. The Morgan fingerprint density at radius 2 is 2.00 bits per heavy atom. The van der Waals surface area contributed by atoms with Gasteiger partial charge in [0.1, 0.15) is 23.3 Å². The molecule has 1 N–H and O–H groups in total. The highest BCUT2D eigenvalue weighted by Gasteiger charge is 2.57. The van der Waals surface area contributed by atoms with E-state index >= 15 is 0 Å². The topological polar surface area (TPSA) is 41.6 Å². The molecule has 1 saturated heterocycles. The predicted molar refractivity (Wildman–Crippen MR) is 128 cm³/mol. The molecule has 0 bridgehead atoms. The lowest BCUT2D eigenvalue weighted by molar-refractivity contribution is -0.156. The summed E-state index contributed by atoms with van der Waals surface area (Å²) < 4.78 is 35.2. The highest BCUT2D eigenvalue weighted by molar-refractivity contribution is 7.99. The Morgan fingerprint density at radius 1 is 1.27 bits per heavy atom. The number of esters is 1. The van der Waals surface area contributed by atoms with Gasteiger partial charge in [0.15, 0.2) is 0 Å². The number of carbonyl (C=O) groups excluding carboxylic acids is 1. The van der Waals surface area contributed by atoms with E-state index < -0.39 is 17.2 Å². The van der Waals surface area contributed by atoms with Gasteiger partial charge in [-0.1, -0.05) is 13.0 Å². The van der Waals surface area contributed by atoms with Gasteiger partial charge in [-0.2, -0.15) is 0 Å². The van der Waals surface area contributed by atoms with Gasteiger partial charge in [0.2, 0.25) is 0 Å². The standard InChI is InChI=1S/C26H30F2N2O2S/c1-5-26-9-10-29-13-17(26)16-11-15(22-18(27)7-6-8-19(22)28)12-21-23(16)30(26)20(14-33-21)24(31)32-25(2,3)4/h6-8,11-12,17,20,29H,5,9-10,13-14H2,1-4H3. The van der Waals surface area contributed by atoms with Gasteiger partial charge in [-0.25, -0.2) is 13.6 Å². The molecule has 3 aliphatic rings. The molecule has 0 spiro atoms. The zero-order valence-corrected chi connectivity index (χ0v) is 20.3. The van der Waals surface area contributed by atoms with E-state index in [9.17, 15) is 13.6 Å². The van der Waals surface area contributed by atoms with Crippen molar-refractivity contribution in [2.24, 2.45) is 0 Å². The van der Waals surface area contributed by atoms with E-state index in [0.717, 1.165) is 42.1 Å². The number of nitrogens with zero attached hydrogens (tertiary/aromatic N) is 1. The summed E-state index contributed by atoms with van der Waals surface area (Å²) in [6.07, 6.45) is 1.77. The fourth-order valence-corrected chi connectivity index (χ4v) is 7.04. The molecule has 3 aliphatic heterocycles. The number of piperidine rings is 1. The molecule has 7 heteroatoms. The first-order chi connectivity index (χ1) is 15.7. The molecular weight excluding hydrogens is 442 g/mol. The van der Waals surface area contributed by atoms with Crippen molar-refractivity contribution in [1.29, 1.82) is 0 Å². The van der Waals surface area contributed by atoms with Crippen LogP contribution >= 0.6 is 11.8 Å². The molecule has 176 valence electrons. The minimum atomic E-state index is -0.566. The molecule has 4 nitrogen and oxygen atoms in total. The molecule has 0 aromatic heterocycles. The first-order valence-corrected chi connectivity index (χ1v) is 12.6. The average molecular weight is 473 g/mol. The summed E-state index contributed by atoms with van der Waals surface area (Å²) in [5.74, 6) is -0.654. The predicted octanol–water partition coefficient (Wildman–Crippen LogP) is 5.49. The lowest BCUT2D eigenvalue weighted by Gasteiger charge is -2.50. The maximum absolute atomic E-state index is 14.7. The van der Waals surface area contributed by atoms with Crippen LogP contribution in [0.2, 0.25) is 0 Å². The van der Waals surface area contributed by atoms with Crippen LogP contribution in [-0.4, -0.2) is 42.0 Å². The van der Waals surface area contributed by atoms with E-state index in [1.807, 2.05) is 32.9 Å². The van der Waals surface area contributed by atoms with Gasteiger partial charge in [0.25, 0.3) is 0 Å². The Labute approximate surface area is 198 Å². The number of fused-ring (bicyclic) bond motifs is 3. The summed E-state index contributed by atoms with van der Waals surface area (Å²) in [6, 6.07) is 7.43. The van der Waals surface area contributed by atoms with E-state index in [1.165, 1.54) is 18.2 Å². The zero-order chi connectivity index (χ0) is 23.5. The normalized spacial score (nSPS) is 26.1. The van der Waals surface area contributed by atoms with Gasteiger partial charge in [0.05, 0.1) is 16.8 Å². The van der Waals surface area contributed by atoms with Gasteiger partial charge in [-0.3, -0.25) is 0 Å². The molecule has 5 rings (SSSR count). The van der Waals surface area contributed by atoms with Crippen LogP contribution in [0.25, 0.3) is 11.1 Å². The van der Waals surface area contributed by atoms with E-state index in [0.29, 0.717) is 11.3 Å². The fraction of sp³-hybridized carbons (Fsp3) is 0.500. The maximum atomic E-state index is 14.7. The SMILES string of the molecule is CCC12CCNCC1c1cc(-c3c(F)cccc3F)cc3c1N2C(C(=O)OC(C)(C)C)CS3. The van der Waals surface area contributed by atoms with Crippen molar-refractivity contribution in [3.8, 4) is 11.1 Å². The highest BCUT2D eigenvalue weighted by atomic mass is 32.2. The lowest BCUT2D eigenvalue weighted by Crippen LogP contribution is -2.62. The van der Waals surface area contributed by atoms with Crippen LogP contribution in [0.1, 0.15) is 52.0 Å². The Balaban J connectivity index is 1.69. The Morgan fingerprint density at radius 3 is 2.67 bits per heavy atom. The van der Waals surface area contributed by atoms with Gasteiger partial charge < -0.3 is 15.0 Å². The van der Waals surface area contributed by atoms with Crippen LogP contribution in [0, 0.1) is 11.6 Å². The van der Waals surface area contributed by atoms with E-state index in [2.05, 4.69) is 17.1 Å². The largest absolute Gasteiger partial charge is 0.458 e. The summed E-state index contributed by atoms with van der Waals surface area (Å²) in [4.78, 5) is 16.6. The van der Waals surface area contributed by atoms with Gasteiger partial charge in [-0.15, -0.1) is 11.8 Å². The molecule has 3 heterocycles. The fourth-order valence-electron chi connectivity index (χ4n) is 5.85. The van der Waals surface area contributed by atoms with E-state index in [1.54, 1.807) is 11.8 Å². The molecule has 2 aromatic carbocycles. The summed E-state index contributed by atoms with van der Waals surface area (Å²) in [5.41, 5.74) is 1.88. The number of ether oxygens (including phenoxy) is 1. The molecule has 33 heavy (non-hydrogen) atoms. The van der Waals surface area contributed by atoms with Crippen LogP contribution in [0.15, 0.2) is 35.2 Å². The van der Waals surface area contributed by atoms with E-state index in [-0.39, 0.29) is 29.0 Å². The summed E-state index contributed by atoms with van der Waals surface area (Å²) in [5, 5.41) is 3.51. The quantitative estimate of drug-likeness (QED) is 0.598. The lowest BCUT2D eigenvalue weighted by atomic mass is 9.74. The Kier molecular flexibility index (Phi) is 5.48.